The van der Waals surface area contributed by atoms with Crippen molar-refractivity contribution in [1.82, 2.24) is 5.32 Å². The van der Waals surface area contributed by atoms with Crippen molar-refractivity contribution in [2.45, 2.75) is 25.8 Å². The summed E-state index contributed by atoms with van der Waals surface area (Å²) in [5, 5.41) is 19.9. The zero-order valence-corrected chi connectivity index (χ0v) is 11.3. The van der Waals surface area contributed by atoms with Crippen molar-refractivity contribution in [1.29, 1.82) is 5.26 Å². The number of halogens is 2. The lowest BCUT2D eigenvalue weighted by molar-refractivity contribution is -0.142. The number of nitrogens with zero attached hydrogens (tertiary/aromatic N) is 1. The molecule has 112 valence electrons. The summed E-state index contributed by atoms with van der Waals surface area (Å²) in [4.78, 5) is 22.7. The van der Waals surface area contributed by atoms with Gasteiger partial charge in [0.05, 0.1) is 12.5 Å². The number of benzene rings is 1. The minimum absolute atomic E-state index is 0.0465. The van der Waals surface area contributed by atoms with Gasteiger partial charge in [-0.3, -0.25) is 4.79 Å². The first-order chi connectivity index (χ1) is 9.81. The number of carbonyl (C=O) groups excluding carboxylic acids is 1. The van der Waals surface area contributed by atoms with Gasteiger partial charge in [0.25, 0.3) is 0 Å². The van der Waals surface area contributed by atoms with Gasteiger partial charge in [-0.05, 0) is 31.0 Å². The van der Waals surface area contributed by atoms with Gasteiger partial charge in [-0.1, -0.05) is 0 Å². The van der Waals surface area contributed by atoms with Gasteiger partial charge in [-0.15, -0.1) is 0 Å². The van der Waals surface area contributed by atoms with E-state index in [0.717, 1.165) is 12.1 Å². The molecule has 1 aromatic rings. The second kappa shape index (κ2) is 7.33. The van der Waals surface area contributed by atoms with Crippen molar-refractivity contribution >= 4 is 11.9 Å². The predicted octanol–water partition coefficient (Wildman–Crippen LogP) is 1.63. The Labute approximate surface area is 120 Å². The molecule has 1 amide bonds. The van der Waals surface area contributed by atoms with Gasteiger partial charge in [-0.2, -0.15) is 5.26 Å². The van der Waals surface area contributed by atoms with Crippen molar-refractivity contribution in [3.63, 3.8) is 0 Å². The van der Waals surface area contributed by atoms with Gasteiger partial charge < -0.3 is 10.4 Å². The van der Waals surface area contributed by atoms with E-state index in [1.165, 1.54) is 6.92 Å². The smallest absolute Gasteiger partial charge is 0.326 e. The zero-order chi connectivity index (χ0) is 16.0. The normalized spacial score (nSPS) is 13.0. The van der Waals surface area contributed by atoms with E-state index in [4.69, 9.17) is 10.4 Å². The van der Waals surface area contributed by atoms with Crippen LogP contribution in [-0.4, -0.2) is 23.0 Å². The highest BCUT2D eigenvalue weighted by Crippen LogP contribution is 2.10. The largest absolute Gasteiger partial charge is 0.480 e. The Morgan fingerprint density at radius 2 is 1.90 bits per heavy atom. The number of hydrogen-bond donors (Lipinski definition) is 2. The first-order valence-corrected chi connectivity index (χ1v) is 6.18. The Morgan fingerprint density at radius 3 is 2.38 bits per heavy atom. The van der Waals surface area contributed by atoms with E-state index >= 15 is 0 Å². The van der Waals surface area contributed by atoms with E-state index in [1.807, 2.05) is 6.07 Å². The van der Waals surface area contributed by atoms with Crippen LogP contribution in [0.25, 0.3) is 0 Å². The van der Waals surface area contributed by atoms with Crippen molar-refractivity contribution in [2.75, 3.05) is 0 Å². The number of nitriles is 1. The molecule has 7 heteroatoms. The van der Waals surface area contributed by atoms with Crippen LogP contribution in [0.4, 0.5) is 8.78 Å². The van der Waals surface area contributed by atoms with Crippen molar-refractivity contribution in [3.8, 4) is 6.07 Å². The Kier molecular flexibility index (Phi) is 5.79. The van der Waals surface area contributed by atoms with Crippen LogP contribution >= 0.6 is 0 Å². The number of nitrogens with one attached hydrogen (secondary N) is 1. The predicted molar refractivity (Wildman–Crippen MR) is 69.0 cm³/mol. The van der Waals surface area contributed by atoms with Crippen molar-refractivity contribution in [2.24, 2.45) is 5.92 Å². The number of hydrogen-bond acceptors (Lipinski definition) is 3. The van der Waals surface area contributed by atoms with E-state index in [-0.39, 0.29) is 18.4 Å². The molecule has 0 aliphatic rings. The summed E-state index contributed by atoms with van der Waals surface area (Å²) < 4.78 is 26.0. The number of amides is 1. The summed E-state index contributed by atoms with van der Waals surface area (Å²) in [5.41, 5.74) is 0.0995. The number of carboxylic acid groups (broad SMARTS) is 1. The molecular formula is C14H14F2N2O3. The fraction of sp³-hybridized carbons (Fsp3) is 0.357. The van der Waals surface area contributed by atoms with E-state index in [9.17, 15) is 18.4 Å². The third kappa shape index (κ3) is 5.57. The van der Waals surface area contributed by atoms with Crippen LogP contribution < -0.4 is 5.32 Å². The maximum atomic E-state index is 13.0. The quantitative estimate of drug-likeness (QED) is 0.834. The highest BCUT2D eigenvalue weighted by molar-refractivity contribution is 5.84. The van der Waals surface area contributed by atoms with E-state index in [0.29, 0.717) is 6.07 Å². The minimum atomic E-state index is -1.27. The summed E-state index contributed by atoms with van der Waals surface area (Å²) in [6.45, 7) is 1.53. The molecule has 0 radical (unpaired) electrons. The van der Waals surface area contributed by atoms with Gasteiger partial charge in [0.2, 0.25) is 5.91 Å². The SMILES string of the molecule is C[C@@H](C#N)C[C@H](NC(=O)Cc1cc(F)cc(F)c1)C(=O)O. The molecule has 0 aromatic heterocycles. The van der Waals surface area contributed by atoms with E-state index < -0.39 is 35.5 Å². The Bertz CT molecular complexity index is 564. The molecule has 1 aromatic carbocycles. The molecule has 0 aliphatic carbocycles. The number of carboxylic acids is 1. The summed E-state index contributed by atoms with van der Waals surface area (Å²) in [7, 11) is 0. The average molecular weight is 296 g/mol. The third-order valence-corrected chi connectivity index (χ3v) is 2.73. The lowest BCUT2D eigenvalue weighted by Crippen LogP contribution is -2.42. The zero-order valence-electron chi connectivity index (χ0n) is 11.3. The van der Waals surface area contributed by atoms with Crippen LogP contribution in [0.15, 0.2) is 18.2 Å². The molecule has 2 atom stereocenters. The van der Waals surface area contributed by atoms with Gasteiger partial charge in [-0.25, -0.2) is 13.6 Å². The maximum Gasteiger partial charge on any atom is 0.326 e. The lowest BCUT2D eigenvalue weighted by Gasteiger charge is -2.15. The molecule has 0 unspecified atom stereocenters. The Morgan fingerprint density at radius 1 is 1.33 bits per heavy atom. The second-order valence-corrected chi connectivity index (χ2v) is 4.68. The van der Waals surface area contributed by atoms with E-state index in [2.05, 4.69) is 5.32 Å². The van der Waals surface area contributed by atoms with Crippen LogP contribution in [-0.2, 0) is 16.0 Å². The summed E-state index contributed by atoms with van der Waals surface area (Å²) in [5.74, 6) is -4.12. The summed E-state index contributed by atoms with van der Waals surface area (Å²) in [6, 6.07) is 3.33. The Hall–Kier alpha value is -2.49. The molecule has 21 heavy (non-hydrogen) atoms. The fourth-order valence-corrected chi connectivity index (χ4v) is 1.77. The minimum Gasteiger partial charge on any atom is -0.480 e. The van der Waals surface area contributed by atoms with Gasteiger partial charge >= 0.3 is 5.97 Å². The molecular weight excluding hydrogens is 282 g/mol. The maximum absolute atomic E-state index is 13.0. The number of rotatable bonds is 6. The highest BCUT2D eigenvalue weighted by atomic mass is 19.1. The van der Waals surface area contributed by atoms with Gasteiger partial charge in [0.15, 0.2) is 0 Å². The second-order valence-electron chi connectivity index (χ2n) is 4.68. The molecule has 0 fully saturated rings. The summed E-state index contributed by atoms with van der Waals surface area (Å²) in [6.07, 6.45) is -0.394. The van der Waals surface area contributed by atoms with Gasteiger partial charge in [0, 0.05) is 12.0 Å². The number of aliphatic carboxylic acids is 1. The third-order valence-electron chi connectivity index (χ3n) is 2.73. The van der Waals surface area contributed by atoms with E-state index in [1.54, 1.807) is 0 Å². The van der Waals surface area contributed by atoms with Crippen LogP contribution in [0.5, 0.6) is 0 Å². The molecule has 5 nitrogen and oxygen atoms in total. The van der Waals surface area contributed by atoms with Crippen molar-refractivity contribution in [3.05, 3.63) is 35.4 Å². The summed E-state index contributed by atoms with van der Waals surface area (Å²) >= 11 is 0. The average Bonchev–Trinajstić information content (AvgIpc) is 2.36. The monoisotopic (exact) mass is 296 g/mol. The molecule has 0 saturated heterocycles. The first kappa shape index (κ1) is 16.6. The molecule has 0 aliphatic heterocycles. The molecule has 0 heterocycles. The molecule has 1 rings (SSSR count). The molecule has 0 bridgehead atoms. The molecule has 2 N–H and O–H groups in total. The van der Waals surface area contributed by atoms with Crippen LogP contribution in [0.1, 0.15) is 18.9 Å². The Balaban J connectivity index is 2.70. The molecule has 0 spiro atoms. The van der Waals surface area contributed by atoms with Crippen LogP contribution in [0.2, 0.25) is 0 Å². The molecule has 0 saturated carbocycles. The lowest BCUT2D eigenvalue weighted by atomic mass is 10.0. The van der Waals surface area contributed by atoms with Crippen molar-refractivity contribution < 1.29 is 23.5 Å². The van der Waals surface area contributed by atoms with Crippen LogP contribution in [0, 0.1) is 28.9 Å². The van der Waals surface area contributed by atoms with Gasteiger partial charge in [0.1, 0.15) is 17.7 Å². The standard InChI is InChI=1S/C14H14F2N2O3/c1-8(7-17)2-12(14(20)21)18-13(19)5-9-3-10(15)6-11(16)4-9/h3-4,6,8,12H,2,5H2,1H3,(H,18,19)(H,20,21)/t8-,12+/m1/s1. The highest BCUT2D eigenvalue weighted by Gasteiger charge is 2.22. The van der Waals surface area contributed by atoms with Crippen LogP contribution in [0.3, 0.4) is 0 Å². The topological polar surface area (TPSA) is 90.2 Å². The fourth-order valence-electron chi connectivity index (χ4n) is 1.77. The number of carbonyl (C=O) groups is 2. The first-order valence-electron chi connectivity index (χ1n) is 6.18.